The van der Waals surface area contributed by atoms with Crippen molar-refractivity contribution in [2.45, 2.75) is 55.9 Å². The van der Waals surface area contributed by atoms with Crippen molar-refractivity contribution >= 4 is 27.5 Å². The second-order valence-electron chi connectivity index (χ2n) is 9.07. The van der Waals surface area contributed by atoms with Crippen LogP contribution in [0.3, 0.4) is 0 Å². The third kappa shape index (κ3) is 5.94. The second kappa shape index (κ2) is 10.5. The SMILES string of the molecule is O=C(NC1CCCCC1)[C@H]1CCCN(C(=O)c2ccc(NS(=O)(=O)c3ccc(F)cc3)cc2)C1. The van der Waals surface area contributed by atoms with E-state index in [1.165, 1.54) is 30.7 Å². The van der Waals surface area contributed by atoms with E-state index in [1.54, 1.807) is 17.0 Å². The molecule has 9 heteroatoms. The van der Waals surface area contributed by atoms with E-state index in [1.807, 2.05) is 0 Å². The Balaban J connectivity index is 1.36. The molecule has 0 bridgehead atoms. The van der Waals surface area contributed by atoms with Crippen LogP contribution in [0.1, 0.15) is 55.3 Å². The summed E-state index contributed by atoms with van der Waals surface area (Å²) in [6.45, 7) is 0.974. The minimum absolute atomic E-state index is 0.0370. The van der Waals surface area contributed by atoms with E-state index < -0.39 is 15.8 Å². The van der Waals surface area contributed by atoms with Crippen molar-refractivity contribution < 1.29 is 22.4 Å². The van der Waals surface area contributed by atoms with Crippen molar-refractivity contribution in [1.29, 1.82) is 0 Å². The second-order valence-corrected chi connectivity index (χ2v) is 10.8. The minimum Gasteiger partial charge on any atom is -0.353 e. The number of carbonyl (C=O) groups is 2. The van der Waals surface area contributed by atoms with Crippen LogP contribution in [0.25, 0.3) is 0 Å². The lowest BCUT2D eigenvalue weighted by molar-refractivity contribution is -0.127. The van der Waals surface area contributed by atoms with E-state index in [0.29, 0.717) is 24.3 Å². The molecule has 1 saturated heterocycles. The Kier molecular flexibility index (Phi) is 7.50. The van der Waals surface area contributed by atoms with Crippen LogP contribution >= 0.6 is 0 Å². The number of amides is 2. The molecule has 2 aliphatic rings. The topological polar surface area (TPSA) is 95.6 Å². The number of likely N-dealkylation sites (tertiary alicyclic amines) is 1. The van der Waals surface area contributed by atoms with Crippen LogP contribution in [0.4, 0.5) is 10.1 Å². The maximum absolute atomic E-state index is 13.1. The molecule has 182 valence electrons. The van der Waals surface area contributed by atoms with Gasteiger partial charge in [-0.05, 0) is 74.2 Å². The molecule has 4 rings (SSSR count). The van der Waals surface area contributed by atoms with Crippen LogP contribution in [0.2, 0.25) is 0 Å². The zero-order valence-electron chi connectivity index (χ0n) is 19.0. The molecule has 2 aromatic rings. The van der Waals surface area contributed by atoms with E-state index in [2.05, 4.69) is 10.0 Å². The number of benzene rings is 2. The highest BCUT2D eigenvalue weighted by Crippen LogP contribution is 2.23. The number of hydrogen-bond acceptors (Lipinski definition) is 4. The lowest BCUT2D eigenvalue weighted by atomic mass is 9.93. The third-order valence-electron chi connectivity index (χ3n) is 6.54. The van der Waals surface area contributed by atoms with Crippen LogP contribution < -0.4 is 10.0 Å². The van der Waals surface area contributed by atoms with Crippen molar-refractivity contribution in [1.82, 2.24) is 10.2 Å². The summed E-state index contributed by atoms with van der Waals surface area (Å²) in [6, 6.07) is 11.0. The molecule has 0 unspecified atom stereocenters. The first-order chi connectivity index (χ1) is 16.3. The van der Waals surface area contributed by atoms with Crippen LogP contribution in [0.5, 0.6) is 0 Å². The predicted octanol–water partition coefficient (Wildman–Crippen LogP) is 3.93. The molecule has 2 fully saturated rings. The molecule has 2 N–H and O–H groups in total. The first kappa shape index (κ1) is 24.2. The summed E-state index contributed by atoms with van der Waals surface area (Å²) in [5.41, 5.74) is 0.724. The molecular formula is C25H30FN3O4S. The maximum Gasteiger partial charge on any atom is 0.261 e. The van der Waals surface area contributed by atoms with Crippen LogP contribution in [-0.4, -0.2) is 44.3 Å². The summed E-state index contributed by atoms with van der Waals surface area (Å²) in [4.78, 5) is 27.4. The number of anilines is 1. The van der Waals surface area contributed by atoms with Gasteiger partial charge in [0.05, 0.1) is 10.8 Å². The third-order valence-corrected chi connectivity index (χ3v) is 7.94. The van der Waals surface area contributed by atoms with E-state index in [4.69, 9.17) is 0 Å². The van der Waals surface area contributed by atoms with Crippen molar-refractivity contribution in [3.8, 4) is 0 Å². The van der Waals surface area contributed by atoms with Crippen molar-refractivity contribution in [3.05, 3.63) is 59.9 Å². The minimum atomic E-state index is -3.87. The fourth-order valence-corrected chi connectivity index (χ4v) is 5.69. The average molecular weight is 488 g/mol. The van der Waals surface area contributed by atoms with Gasteiger partial charge in [0.25, 0.3) is 15.9 Å². The van der Waals surface area contributed by atoms with Gasteiger partial charge in [-0.3, -0.25) is 14.3 Å². The smallest absolute Gasteiger partial charge is 0.261 e. The molecule has 1 saturated carbocycles. The fourth-order valence-electron chi connectivity index (χ4n) is 4.63. The van der Waals surface area contributed by atoms with Crippen LogP contribution in [-0.2, 0) is 14.8 Å². The Hall–Kier alpha value is -2.94. The van der Waals surface area contributed by atoms with Gasteiger partial charge >= 0.3 is 0 Å². The number of piperidine rings is 1. The highest BCUT2D eigenvalue weighted by molar-refractivity contribution is 7.92. The Morgan fingerprint density at radius 3 is 2.24 bits per heavy atom. The largest absolute Gasteiger partial charge is 0.353 e. The molecule has 1 atom stereocenters. The summed E-state index contributed by atoms with van der Waals surface area (Å²) in [5.74, 6) is -0.868. The molecular weight excluding hydrogens is 457 g/mol. The number of hydrogen-bond donors (Lipinski definition) is 2. The Bertz CT molecular complexity index is 1110. The number of rotatable bonds is 6. The lowest BCUT2D eigenvalue weighted by Gasteiger charge is -2.33. The number of sulfonamides is 1. The summed E-state index contributed by atoms with van der Waals surface area (Å²) < 4.78 is 40.5. The number of halogens is 1. The lowest BCUT2D eigenvalue weighted by Crippen LogP contribution is -2.47. The molecule has 0 aromatic heterocycles. The van der Waals surface area contributed by atoms with Crippen molar-refractivity contribution in [2.75, 3.05) is 17.8 Å². The van der Waals surface area contributed by atoms with E-state index in [0.717, 1.165) is 50.7 Å². The number of carbonyl (C=O) groups excluding carboxylic acids is 2. The monoisotopic (exact) mass is 487 g/mol. The summed E-state index contributed by atoms with van der Waals surface area (Å²) in [7, 11) is -3.87. The molecule has 1 heterocycles. The highest BCUT2D eigenvalue weighted by Gasteiger charge is 2.30. The van der Waals surface area contributed by atoms with Gasteiger partial charge in [-0.25, -0.2) is 12.8 Å². The van der Waals surface area contributed by atoms with Gasteiger partial charge in [0.1, 0.15) is 5.82 Å². The first-order valence-electron chi connectivity index (χ1n) is 11.8. The summed E-state index contributed by atoms with van der Waals surface area (Å²) >= 11 is 0. The fraction of sp³-hybridized carbons (Fsp3) is 0.440. The van der Waals surface area contributed by atoms with Gasteiger partial charge in [0.2, 0.25) is 5.91 Å². The molecule has 0 radical (unpaired) electrons. The number of nitrogens with one attached hydrogen (secondary N) is 2. The summed E-state index contributed by atoms with van der Waals surface area (Å²) in [5, 5.41) is 3.17. The quantitative estimate of drug-likeness (QED) is 0.646. The van der Waals surface area contributed by atoms with Gasteiger partial charge in [-0.15, -0.1) is 0 Å². The van der Waals surface area contributed by atoms with E-state index >= 15 is 0 Å². The Labute approximate surface area is 199 Å². The van der Waals surface area contributed by atoms with E-state index in [9.17, 15) is 22.4 Å². The normalized spacial score (nSPS) is 19.4. The highest BCUT2D eigenvalue weighted by atomic mass is 32.2. The molecule has 7 nitrogen and oxygen atoms in total. The molecule has 1 aliphatic carbocycles. The zero-order valence-corrected chi connectivity index (χ0v) is 19.8. The number of nitrogens with zero attached hydrogens (tertiary/aromatic N) is 1. The van der Waals surface area contributed by atoms with Crippen molar-refractivity contribution in [3.63, 3.8) is 0 Å². The molecule has 2 amide bonds. The van der Waals surface area contributed by atoms with Crippen LogP contribution in [0, 0.1) is 11.7 Å². The summed E-state index contributed by atoms with van der Waals surface area (Å²) in [6.07, 6.45) is 7.12. The van der Waals surface area contributed by atoms with Gasteiger partial charge in [0.15, 0.2) is 0 Å². The zero-order chi connectivity index (χ0) is 24.1. The van der Waals surface area contributed by atoms with Crippen molar-refractivity contribution in [2.24, 2.45) is 5.92 Å². The molecule has 0 spiro atoms. The van der Waals surface area contributed by atoms with Gasteiger partial charge < -0.3 is 10.2 Å². The molecule has 34 heavy (non-hydrogen) atoms. The standard InChI is InChI=1S/C25H30FN3O4S/c26-20-10-14-23(15-11-20)34(32,33)28-22-12-8-18(9-13-22)25(31)29-16-4-5-19(17-29)24(30)27-21-6-2-1-3-7-21/h8-15,19,21,28H,1-7,16-17H2,(H,27,30)/t19-/m0/s1. The van der Waals surface area contributed by atoms with Gasteiger partial charge in [-0.1, -0.05) is 19.3 Å². The van der Waals surface area contributed by atoms with E-state index in [-0.39, 0.29) is 28.7 Å². The van der Waals surface area contributed by atoms with Gasteiger partial charge in [0, 0.05) is 30.4 Å². The molecule has 1 aliphatic heterocycles. The average Bonchev–Trinajstić information content (AvgIpc) is 2.85. The maximum atomic E-state index is 13.1. The Morgan fingerprint density at radius 2 is 1.56 bits per heavy atom. The molecule has 2 aromatic carbocycles. The Morgan fingerprint density at radius 1 is 0.882 bits per heavy atom. The first-order valence-corrected chi connectivity index (χ1v) is 13.3. The van der Waals surface area contributed by atoms with Crippen LogP contribution in [0.15, 0.2) is 53.4 Å². The van der Waals surface area contributed by atoms with Gasteiger partial charge in [-0.2, -0.15) is 0 Å². The predicted molar refractivity (Wildman–Crippen MR) is 127 cm³/mol.